The van der Waals surface area contributed by atoms with Gasteiger partial charge in [0.2, 0.25) is 0 Å². The third-order valence-corrected chi connectivity index (χ3v) is 6.28. The van der Waals surface area contributed by atoms with Gasteiger partial charge in [0.15, 0.2) is 11.5 Å². The lowest BCUT2D eigenvalue weighted by Crippen LogP contribution is -2.24. The Morgan fingerprint density at radius 3 is 2.37 bits per heavy atom. The van der Waals surface area contributed by atoms with Gasteiger partial charge in [0.05, 0.1) is 20.8 Å². The Bertz CT molecular complexity index is 1030. The first-order chi connectivity index (χ1) is 14.3. The fraction of sp³-hybridized carbons (Fsp3) is 0.263. The lowest BCUT2D eigenvalue weighted by atomic mass is 10.3. The number of nitrogens with zero attached hydrogens (tertiary/aromatic N) is 2. The summed E-state index contributed by atoms with van der Waals surface area (Å²) < 4.78 is 12.9. The lowest BCUT2D eigenvalue weighted by Gasteiger charge is -2.12. The zero-order chi connectivity index (χ0) is 21.8. The van der Waals surface area contributed by atoms with Gasteiger partial charge >= 0.3 is 0 Å². The van der Waals surface area contributed by atoms with Crippen molar-refractivity contribution < 1.29 is 13.9 Å². The minimum Gasteiger partial charge on any atom is -0.482 e. The summed E-state index contributed by atoms with van der Waals surface area (Å²) in [5.41, 5.74) is 0.954. The van der Waals surface area contributed by atoms with Crippen LogP contribution in [0.15, 0.2) is 28.8 Å². The third-order valence-electron chi connectivity index (χ3n) is 4.04. The van der Waals surface area contributed by atoms with Crippen molar-refractivity contribution in [3.8, 4) is 5.75 Å². The van der Waals surface area contributed by atoms with E-state index in [1.54, 1.807) is 12.1 Å². The van der Waals surface area contributed by atoms with Gasteiger partial charge in [-0.1, -0.05) is 58.0 Å². The molecule has 0 atom stereocenters. The topological polar surface area (TPSA) is 69.3 Å². The highest BCUT2D eigenvalue weighted by atomic mass is 35.5. The number of ether oxygens (including phenoxy) is 1. The van der Waals surface area contributed by atoms with E-state index < -0.39 is 0 Å². The van der Waals surface area contributed by atoms with Crippen molar-refractivity contribution in [1.29, 1.82) is 0 Å². The molecule has 3 aromatic rings. The van der Waals surface area contributed by atoms with Crippen molar-refractivity contribution in [1.82, 2.24) is 15.1 Å². The summed E-state index contributed by atoms with van der Waals surface area (Å²) in [7, 11) is 0. The van der Waals surface area contributed by atoms with Gasteiger partial charge in [0, 0.05) is 19.3 Å². The number of hydrogen-bond acceptors (Lipinski definition) is 4. The molecule has 0 aliphatic rings. The van der Waals surface area contributed by atoms with Gasteiger partial charge in [-0.3, -0.25) is 9.48 Å². The normalized spacial score (nSPS) is 11.0. The molecule has 0 saturated heterocycles. The van der Waals surface area contributed by atoms with Gasteiger partial charge < -0.3 is 14.5 Å². The summed E-state index contributed by atoms with van der Waals surface area (Å²) >= 11 is 30.2. The second-order valence-electron chi connectivity index (χ2n) is 6.28. The summed E-state index contributed by atoms with van der Waals surface area (Å²) in [5, 5.41) is 7.27. The Labute approximate surface area is 197 Å². The monoisotopic (exact) mass is 509 g/mol. The molecule has 0 aliphatic carbocycles. The molecular weight excluding hydrogens is 495 g/mol. The van der Waals surface area contributed by atoms with Crippen molar-refractivity contribution in [3.63, 3.8) is 0 Å². The Kier molecular flexibility index (Phi) is 7.82. The highest BCUT2D eigenvalue weighted by Gasteiger charge is 2.21. The van der Waals surface area contributed by atoms with E-state index in [-0.39, 0.29) is 49.1 Å². The lowest BCUT2D eigenvalue weighted by molar-refractivity contribution is 0.0920. The average Bonchev–Trinajstić information content (AvgIpc) is 3.37. The molecule has 2 heterocycles. The van der Waals surface area contributed by atoms with E-state index in [1.165, 1.54) is 0 Å². The van der Waals surface area contributed by atoms with Crippen LogP contribution in [0, 0.1) is 6.92 Å². The van der Waals surface area contributed by atoms with Gasteiger partial charge in [-0.2, -0.15) is 5.10 Å². The number of carbonyl (C=O) groups is 1. The van der Waals surface area contributed by atoms with E-state index in [0.717, 1.165) is 12.1 Å². The minimum atomic E-state index is -0.327. The smallest absolute Gasteiger partial charge is 0.286 e. The number of carbonyl (C=O) groups excluding carboxylic acids is 1. The van der Waals surface area contributed by atoms with Gasteiger partial charge in [-0.05, 0) is 31.5 Å². The largest absolute Gasteiger partial charge is 0.482 e. The quantitative estimate of drug-likeness (QED) is 0.214. The number of rotatable bonds is 8. The average molecular weight is 512 g/mol. The van der Waals surface area contributed by atoms with E-state index in [9.17, 15) is 4.79 Å². The standard InChI is InChI=1S/C19H16Cl5N3O3/c1-10-5-8-27(26-10)7-2-6-25-19(28)12-4-3-11(30-12)9-29-18-16(23)14(21)13(20)15(22)17(18)24/h3-5,8H,2,6-7,9H2,1H3,(H,25,28). The van der Waals surface area contributed by atoms with Crippen LogP contribution in [0.4, 0.5) is 0 Å². The second-order valence-corrected chi connectivity index (χ2v) is 8.17. The molecule has 6 nitrogen and oxygen atoms in total. The molecule has 2 aromatic heterocycles. The predicted octanol–water partition coefficient (Wildman–Crippen LogP) is 6.45. The number of benzene rings is 1. The van der Waals surface area contributed by atoms with Crippen molar-refractivity contribution in [2.24, 2.45) is 0 Å². The summed E-state index contributed by atoms with van der Waals surface area (Å²) in [5.74, 6) is 0.301. The van der Waals surface area contributed by atoms with E-state index in [4.69, 9.17) is 67.2 Å². The Balaban J connectivity index is 1.53. The van der Waals surface area contributed by atoms with Crippen LogP contribution in [-0.4, -0.2) is 22.2 Å². The predicted molar refractivity (Wildman–Crippen MR) is 118 cm³/mol. The molecule has 0 bridgehead atoms. The first-order valence-electron chi connectivity index (χ1n) is 8.79. The summed E-state index contributed by atoms with van der Waals surface area (Å²) in [4.78, 5) is 12.2. The van der Waals surface area contributed by atoms with Crippen LogP contribution in [0.25, 0.3) is 0 Å². The Morgan fingerprint density at radius 1 is 1.07 bits per heavy atom. The van der Waals surface area contributed by atoms with Crippen LogP contribution in [0.2, 0.25) is 25.1 Å². The van der Waals surface area contributed by atoms with E-state index in [2.05, 4.69) is 10.4 Å². The first-order valence-corrected chi connectivity index (χ1v) is 10.7. The molecule has 0 aliphatic heterocycles. The Morgan fingerprint density at radius 2 is 1.73 bits per heavy atom. The number of nitrogens with one attached hydrogen (secondary N) is 1. The number of halogens is 5. The van der Waals surface area contributed by atoms with Crippen LogP contribution in [0.3, 0.4) is 0 Å². The molecule has 0 unspecified atom stereocenters. The van der Waals surface area contributed by atoms with E-state index >= 15 is 0 Å². The van der Waals surface area contributed by atoms with Crippen molar-refractivity contribution >= 4 is 63.9 Å². The number of aryl methyl sites for hydroxylation is 2. The van der Waals surface area contributed by atoms with Crippen LogP contribution in [-0.2, 0) is 13.2 Å². The summed E-state index contributed by atoms with van der Waals surface area (Å²) in [6, 6.07) is 5.09. The number of aromatic nitrogens is 2. The molecule has 30 heavy (non-hydrogen) atoms. The number of furan rings is 1. The SMILES string of the molecule is Cc1ccn(CCCNC(=O)c2ccc(COc3c(Cl)c(Cl)c(Cl)c(Cl)c3Cl)o2)n1. The van der Waals surface area contributed by atoms with Crippen LogP contribution in [0.1, 0.15) is 28.4 Å². The van der Waals surface area contributed by atoms with Gasteiger partial charge in [0.1, 0.15) is 22.4 Å². The van der Waals surface area contributed by atoms with E-state index in [0.29, 0.717) is 18.8 Å². The van der Waals surface area contributed by atoms with E-state index in [1.807, 2.05) is 23.9 Å². The summed E-state index contributed by atoms with van der Waals surface area (Å²) in [6.07, 6.45) is 2.63. The molecule has 1 aromatic carbocycles. The van der Waals surface area contributed by atoms with Crippen LogP contribution < -0.4 is 10.1 Å². The highest BCUT2D eigenvalue weighted by molar-refractivity contribution is 6.55. The number of hydrogen-bond donors (Lipinski definition) is 1. The molecular formula is C19H16Cl5N3O3. The van der Waals surface area contributed by atoms with Crippen LogP contribution in [0.5, 0.6) is 5.75 Å². The molecule has 0 fully saturated rings. The first kappa shape index (κ1) is 23.1. The molecule has 3 rings (SSSR count). The van der Waals surface area contributed by atoms with Crippen molar-refractivity contribution in [2.75, 3.05) is 6.54 Å². The highest BCUT2D eigenvalue weighted by Crippen LogP contribution is 2.48. The fourth-order valence-corrected chi connectivity index (χ4v) is 3.78. The fourth-order valence-electron chi connectivity index (χ4n) is 2.55. The molecule has 1 N–H and O–H groups in total. The van der Waals surface area contributed by atoms with Crippen LogP contribution >= 0.6 is 58.0 Å². The molecule has 0 spiro atoms. The maximum atomic E-state index is 12.2. The maximum absolute atomic E-state index is 12.2. The Hall–Kier alpha value is -1.57. The minimum absolute atomic E-state index is 0.0347. The second kappa shape index (κ2) is 10.2. The molecule has 1 amide bonds. The zero-order valence-corrected chi connectivity index (χ0v) is 19.4. The van der Waals surface area contributed by atoms with Gasteiger partial charge in [-0.25, -0.2) is 0 Å². The third kappa shape index (κ3) is 5.37. The zero-order valence-electron chi connectivity index (χ0n) is 15.6. The van der Waals surface area contributed by atoms with Gasteiger partial charge in [0.25, 0.3) is 5.91 Å². The van der Waals surface area contributed by atoms with Crippen molar-refractivity contribution in [3.05, 3.63) is 66.7 Å². The molecule has 0 saturated carbocycles. The molecule has 160 valence electrons. The van der Waals surface area contributed by atoms with Gasteiger partial charge in [-0.15, -0.1) is 0 Å². The number of amides is 1. The maximum Gasteiger partial charge on any atom is 0.286 e. The molecule has 0 radical (unpaired) electrons. The van der Waals surface area contributed by atoms with Crippen molar-refractivity contribution in [2.45, 2.75) is 26.5 Å². The summed E-state index contributed by atoms with van der Waals surface area (Å²) in [6.45, 7) is 3.07. The molecule has 11 heteroatoms.